The Balaban J connectivity index is 2.25. The molecule has 1 unspecified atom stereocenters. The molecule has 0 aliphatic heterocycles. The molecule has 2 aromatic rings. The van der Waals surface area contributed by atoms with E-state index in [0.29, 0.717) is 12.1 Å². The van der Waals surface area contributed by atoms with Gasteiger partial charge in [-0.15, -0.1) is 0 Å². The lowest BCUT2D eigenvalue weighted by Gasteiger charge is -2.17. The Kier molecular flexibility index (Phi) is 4.84. The molecular formula is C15H21FN4. The molecule has 2 rings (SSSR count). The van der Waals surface area contributed by atoms with Gasteiger partial charge in [-0.25, -0.2) is 4.39 Å². The Labute approximate surface area is 119 Å². The Morgan fingerprint density at radius 3 is 2.80 bits per heavy atom. The smallest absolute Gasteiger partial charge is 0.146 e. The van der Waals surface area contributed by atoms with Crippen molar-refractivity contribution in [1.82, 2.24) is 20.1 Å². The van der Waals surface area contributed by atoms with Gasteiger partial charge in [-0.1, -0.05) is 13.8 Å². The molecular weight excluding hydrogens is 255 g/mol. The molecule has 0 spiro atoms. The maximum atomic E-state index is 13.9. The average molecular weight is 276 g/mol. The topological polar surface area (TPSA) is 42.7 Å². The lowest BCUT2D eigenvalue weighted by molar-refractivity contribution is 0.483. The zero-order valence-electron chi connectivity index (χ0n) is 12.2. The van der Waals surface area contributed by atoms with E-state index < -0.39 is 0 Å². The molecule has 0 aliphatic rings. The van der Waals surface area contributed by atoms with Crippen LogP contribution < -0.4 is 5.32 Å². The number of nitrogens with one attached hydrogen (secondary N) is 1. The fourth-order valence-electron chi connectivity index (χ4n) is 2.31. The quantitative estimate of drug-likeness (QED) is 0.881. The van der Waals surface area contributed by atoms with Crippen molar-refractivity contribution in [2.45, 2.75) is 32.7 Å². The van der Waals surface area contributed by atoms with Crippen LogP contribution in [0.1, 0.15) is 37.0 Å². The fourth-order valence-corrected chi connectivity index (χ4v) is 2.31. The van der Waals surface area contributed by atoms with Crippen LogP contribution in [-0.4, -0.2) is 21.3 Å². The van der Waals surface area contributed by atoms with Gasteiger partial charge in [0.15, 0.2) is 0 Å². The first-order chi connectivity index (χ1) is 9.65. The second-order valence-corrected chi connectivity index (χ2v) is 4.79. The monoisotopic (exact) mass is 276 g/mol. The van der Waals surface area contributed by atoms with Gasteiger partial charge in [0, 0.05) is 25.4 Å². The molecule has 2 aromatic heterocycles. The SMILES string of the molecule is CCNC(Cc1cc(CC)nn1C)c1ncccc1F. The molecule has 0 radical (unpaired) electrons. The fraction of sp³-hybridized carbons (Fsp3) is 0.467. The molecule has 0 saturated carbocycles. The molecule has 5 heteroatoms. The number of aromatic nitrogens is 3. The zero-order chi connectivity index (χ0) is 14.5. The third kappa shape index (κ3) is 3.22. The van der Waals surface area contributed by atoms with E-state index in [9.17, 15) is 4.39 Å². The molecule has 1 N–H and O–H groups in total. The molecule has 0 bridgehead atoms. The molecule has 0 fully saturated rings. The van der Waals surface area contributed by atoms with Crippen LogP contribution in [0.25, 0.3) is 0 Å². The average Bonchev–Trinajstić information content (AvgIpc) is 2.80. The van der Waals surface area contributed by atoms with Gasteiger partial charge >= 0.3 is 0 Å². The summed E-state index contributed by atoms with van der Waals surface area (Å²) < 4.78 is 15.8. The largest absolute Gasteiger partial charge is 0.308 e. The number of rotatable bonds is 6. The van der Waals surface area contributed by atoms with E-state index in [1.165, 1.54) is 6.07 Å². The van der Waals surface area contributed by atoms with Crippen LogP contribution >= 0.6 is 0 Å². The van der Waals surface area contributed by atoms with E-state index in [1.807, 2.05) is 18.7 Å². The number of halogens is 1. The first-order valence-electron chi connectivity index (χ1n) is 7.01. The van der Waals surface area contributed by atoms with Gasteiger partial charge < -0.3 is 5.32 Å². The third-order valence-corrected chi connectivity index (χ3v) is 3.37. The van der Waals surface area contributed by atoms with Gasteiger partial charge in [0.2, 0.25) is 0 Å². The standard InChI is InChI=1S/C15H21FN4/c1-4-11-9-12(20(3)19-11)10-14(17-5-2)15-13(16)7-6-8-18-15/h6-9,14,17H,4-5,10H2,1-3H3. The predicted octanol–water partition coefficient (Wildman–Crippen LogP) is 2.41. The van der Waals surface area contributed by atoms with Gasteiger partial charge in [0.05, 0.1) is 17.4 Å². The maximum absolute atomic E-state index is 13.9. The van der Waals surface area contributed by atoms with Crippen LogP contribution in [0.5, 0.6) is 0 Å². The van der Waals surface area contributed by atoms with Crippen molar-refractivity contribution >= 4 is 0 Å². The van der Waals surface area contributed by atoms with Crippen molar-refractivity contribution in [3.8, 4) is 0 Å². The summed E-state index contributed by atoms with van der Waals surface area (Å²) in [6.07, 6.45) is 3.20. The molecule has 108 valence electrons. The van der Waals surface area contributed by atoms with Crippen molar-refractivity contribution < 1.29 is 4.39 Å². The van der Waals surface area contributed by atoms with Crippen LogP contribution in [0.4, 0.5) is 4.39 Å². The number of hydrogen-bond acceptors (Lipinski definition) is 3. The van der Waals surface area contributed by atoms with E-state index in [-0.39, 0.29) is 11.9 Å². The molecule has 0 aliphatic carbocycles. The summed E-state index contributed by atoms with van der Waals surface area (Å²) in [7, 11) is 1.92. The minimum atomic E-state index is -0.267. The van der Waals surface area contributed by atoms with E-state index in [4.69, 9.17) is 0 Å². The van der Waals surface area contributed by atoms with Crippen molar-refractivity contribution in [3.63, 3.8) is 0 Å². The molecule has 4 nitrogen and oxygen atoms in total. The van der Waals surface area contributed by atoms with Crippen LogP contribution in [0, 0.1) is 5.82 Å². The van der Waals surface area contributed by atoms with Crippen molar-refractivity contribution in [3.05, 3.63) is 47.3 Å². The Morgan fingerprint density at radius 2 is 2.20 bits per heavy atom. The van der Waals surface area contributed by atoms with E-state index in [2.05, 4.69) is 28.4 Å². The minimum Gasteiger partial charge on any atom is -0.308 e. The van der Waals surface area contributed by atoms with Crippen LogP contribution in [0.2, 0.25) is 0 Å². The van der Waals surface area contributed by atoms with Gasteiger partial charge in [0.1, 0.15) is 5.82 Å². The minimum absolute atomic E-state index is 0.138. The van der Waals surface area contributed by atoms with Gasteiger partial charge in [-0.2, -0.15) is 5.10 Å². The van der Waals surface area contributed by atoms with Gasteiger partial charge in [-0.05, 0) is 31.2 Å². The summed E-state index contributed by atoms with van der Waals surface area (Å²) in [5.41, 5.74) is 2.60. The highest BCUT2D eigenvalue weighted by Crippen LogP contribution is 2.19. The highest BCUT2D eigenvalue weighted by Gasteiger charge is 2.18. The summed E-state index contributed by atoms with van der Waals surface area (Å²) in [6, 6.07) is 5.00. The second-order valence-electron chi connectivity index (χ2n) is 4.79. The number of hydrogen-bond donors (Lipinski definition) is 1. The Bertz CT molecular complexity index is 565. The molecule has 0 saturated heterocycles. The van der Waals surface area contributed by atoms with Crippen LogP contribution in [0.3, 0.4) is 0 Å². The molecule has 20 heavy (non-hydrogen) atoms. The Hall–Kier alpha value is -1.75. The zero-order valence-corrected chi connectivity index (χ0v) is 12.2. The predicted molar refractivity (Wildman–Crippen MR) is 76.9 cm³/mol. The third-order valence-electron chi connectivity index (χ3n) is 3.37. The molecule has 2 heterocycles. The van der Waals surface area contributed by atoms with Crippen molar-refractivity contribution in [2.75, 3.05) is 6.54 Å². The maximum Gasteiger partial charge on any atom is 0.146 e. The first-order valence-corrected chi connectivity index (χ1v) is 7.01. The van der Waals surface area contributed by atoms with Crippen molar-refractivity contribution in [1.29, 1.82) is 0 Å². The Morgan fingerprint density at radius 1 is 1.40 bits per heavy atom. The summed E-state index contributed by atoms with van der Waals surface area (Å²) in [5.74, 6) is -0.267. The molecule has 1 atom stereocenters. The second kappa shape index (κ2) is 6.61. The normalized spacial score (nSPS) is 12.6. The van der Waals surface area contributed by atoms with E-state index in [1.54, 1.807) is 12.3 Å². The number of nitrogens with zero attached hydrogens (tertiary/aromatic N) is 3. The first kappa shape index (κ1) is 14.7. The highest BCUT2D eigenvalue weighted by molar-refractivity contribution is 5.17. The molecule has 0 aromatic carbocycles. The van der Waals surface area contributed by atoms with E-state index in [0.717, 1.165) is 24.4 Å². The number of pyridine rings is 1. The number of aryl methyl sites for hydroxylation is 2. The van der Waals surface area contributed by atoms with E-state index >= 15 is 0 Å². The van der Waals surface area contributed by atoms with Gasteiger partial charge in [-0.3, -0.25) is 9.67 Å². The van der Waals surface area contributed by atoms with Crippen LogP contribution in [-0.2, 0) is 19.9 Å². The summed E-state index contributed by atoms with van der Waals surface area (Å²) in [5, 5.41) is 7.73. The summed E-state index contributed by atoms with van der Waals surface area (Å²) >= 11 is 0. The number of likely N-dealkylation sites (N-methyl/N-ethyl adjacent to an activating group) is 1. The molecule has 0 amide bonds. The van der Waals surface area contributed by atoms with Crippen molar-refractivity contribution in [2.24, 2.45) is 7.05 Å². The summed E-state index contributed by atoms with van der Waals surface area (Å²) in [4.78, 5) is 4.18. The summed E-state index contributed by atoms with van der Waals surface area (Å²) in [6.45, 7) is 4.85. The van der Waals surface area contributed by atoms with Crippen LogP contribution in [0.15, 0.2) is 24.4 Å². The lowest BCUT2D eigenvalue weighted by Crippen LogP contribution is -2.25. The van der Waals surface area contributed by atoms with Gasteiger partial charge in [0.25, 0.3) is 0 Å². The highest BCUT2D eigenvalue weighted by atomic mass is 19.1. The lowest BCUT2D eigenvalue weighted by atomic mass is 10.1.